The summed E-state index contributed by atoms with van der Waals surface area (Å²) in [6.45, 7) is 9.11. The van der Waals surface area contributed by atoms with Crippen LogP contribution in [0.5, 0.6) is 0 Å². The van der Waals surface area contributed by atoms with Crippen molar-refractivity contribution in [3.8, 4) is 0 Å². The van der Waals surface area contributed by atoms with Crippen LogP contribution < -0.4 is 5.32 Å². The molecule has 0 aromatic heterocycles. The Morgan fingerprint density at radius 2 is 2.00 bits per heavy atom. The molecule has 2 nitrogen and oxygen atoms in total. The van der Waals surface area contributed by atoms with Crippen LogP contribution in [-0.2, 0) is 4.74 Å². The highest BCUT2D eigenvalue weighted by molar-refractivity contribution is 4.93. The summed E-state index contributed by atoms with van der Waals surface area (Å²) >= 11 is 0. The van der Waals surface area contributed by atoms with Crippen molar-refractivity contribution < 1.29 is 4.74 Å². The summed E-state index contributed by atoms with van der Waals surface area (Å²) in [7, 11) is 0. The Kier molecular flexibility index (Phi) is 2.16. The summed E-state index contributed by atoms with van der Waals surface area (Å²) in [6, 6.07) is 0. The Hall–Kier alpha value is -0.0800. The number of nitrogens with one attached hydrogen (secondary N) is 1. The fourth-order valence-electron chi connectivity index (χ4n) is 2.47. The molecule has 0 bridgehead atoms. The molecule has 2 aliphatic rings. The third-order valence-corrected chi connectivity index (χ3v) is 3.38. The van der Waals surface area contributed by atoms with Crippen LogP contribution in [0, 0.1) is 5.41 Å². The van der Waals surface area contributed by atoms with E-state index in [-0.39, 0.29) is 5.60 Å². The van der Waals surface area contributed by atoms with E-state index < -0.39 is 0 Å². The zero-order chi connectivity index (χ0) is 9.53. The first-order valence-electron chi connectivity index (χ1n) is 5.38. The molecule has 0 spiro atoms. The first-order chi connectivity index (χ1) is 5.99. The van der Waals surface area contributed by atoms with Crippen LogP contribution >= 0.6 is 0 Å². The minimum atomic E-state index is 0.137. The maximum Gasteiger partial charge on any atom is 0.0631 e. The van der Waals surface area contributed by atoms with Crippen molar-refractivity contribution in [2.75, 3.05) is 13.1 Å². The quantitative estimate of drug-likeness (QED) is 0.706. The lowest BCUT2D eigenvalue weighted by Gasteiger charge is -2.41. The largest absolute Gasteiger partial charge is 0.372 e. The van der Waals surface area contributed by atoms with Crippen LogP contribution in [0.25, 0.3) is 0 Å². The molecule has 2 heteroatoms. The smallest absolute Gasteiger partial charge is 0.0631 e. The third-order valence-electron chi connectivity index (χ3n) is 3.38. The zero-order valence-electron chi connectivity index (χ0n) is 9.02. The van der Waals surface area contributed by atoms with Crippen molar-refractivity contribution in [1.29, 1.82) is 0 Å². The summed E-state index contributed by atoms with van der Waals surface area (Å²) in [4.78, 5) is 0. The minimum Gasteiger partial charge on any atom is -0.372 e. The van der Waals surface area contributed by atoms with Gasteiger partial charge in [-0.05, 0) is 38.5 Å². The van der Waals surface area contributed by atoms with Gasteiger partial charge in [0, 0.05) is 13.1 Å². The molecule has 13 heavy (non-hydrogen) atoms. The predicted octanol–water partition coefficient (Wildman–Crippen LogP) is 1.94. The predicted molar refractivity (Wildman–Crippen MR) is 53.8 cm³/mol. The van der Waals surface area contributed by atoms with Gasteiger partial charge in [-0.1, -0.05) is 6.92 Å². The van der Waals surface area contributed by atoms with Gasteiger partial charge >= 0.3 is 0 Å². The molecule has 1 atom stereocenters. The van der Waals surface area contributed by atoms with Crippen LogP contribution in [0.15, 0.2) is 0 Å². The standard InChI is InChI=1S/C11H21NO/c1-10(2)5-4-9(13-10)6-11(3)7-12-8-11/h9,12H,4-8H2,1-3H3. The van der Waals surface area contributed by atoms with Gasteiger partial charge in [0.2, 0.25) is 0 Å². The molecule has 2 heterocycles. The van der Waals surface area contributed by atoms with Crippen molar-refractivity contribution >= 4 is 0 Å². The topological polar surface area (TPSA) is 21.3 Å². The molecule has 2 rings (SSSR count). The summed E-state index contributed by atoms with van der Waals surface area (Å²) in [5, 5.41) is 3.34. The van der Waals surface area contributed by atoms with Gasteiger partial charge in [0.25, 0.3) is 0 Å². The summed E-state index contributed by atoms with van der Waals surface area (Å²) in [5.41, 5.74) is 0.656. The molecule has 0 saturated carbocycles. The molecular formula is C11H21NO. The SMILES string of the molecule is CC1(CC2CCC(C)(C)O2)CNC1. The van der Waals surface area contributed by atoms with Crippen LogP contribution in [0.1, 0.15) is 40.0 Å². The molecule has 0 radical (unpaired) electrons. The van der Waals surface area contributed by atoms with Crippen LogP contribution in [0.2, 0.25) is 0 Å². The van der Waals surface area contributed by atoms with Gasteiger partial charge in [0.1, 0.15) is 0 Å². The molecule has 0 aromatic rings. The van der Waals surface area contributed by atoms with E-state index in [2.05, 4.69) is 26.1 Å². The van der Waals surface area contributed by atoms with Gasteiger partial charge < -0.3 is 10.1 Å². The number of rotatable bonds is 2. The maximum atomic E-state index is 5.99. The summed E-state index contributed by atoms with van der Waals surface area (Å²) in [6.07, 6.45) is 4.23. The van der Waals surface area contributed by atoms with Gasteiger partial charge in [0.05, 0.1) is 11.7 Å². The van der Waals surface area contributed by atoms with Gasteiger partial charge in [-0.2, -0.15) is 0 Å². The number of hydrogen-bond donors (Lipinski definition) is 1. The van der Waals surface area contributed by atoms with Gasteiger partial charge in [0.15, 0.2) is 0 Å². The van der Waals surface area contributed by atoms with Crippen molar-refractivity contribution in [2.24, 2.45) is 5.41 Å². The van der Waals surface area contributed by atoms with E-state index in [1.807, 2.05) is 0 Å². The number of ether oxygens (including phenoxy) is 1. The van der Waals surface area contributed by atoms with E-state index >= 15 is 0 Å². The van der Waals surface area contributed by atoms with Crippen molar-refractivity contribution in [3.05, 3.63) is 0 Å². The second-order valence-electron chi connectivity index (χ2n) is 5.66. The first-order valence-corrected chi connectivity index (χ1v) is 5.38. The summed E-state index contributed by atoms with van der Waals surface area (Å²) < 4.78 is 5.99. The minimum absolute atomic E-state index is 0.137. The van der Waals surface area contributed by atoms with Gasteiger partial charge in [-0.3, -0.25) is 0 Å². The lowest BCUT2D eigenvalue weighted by atomic mass is 9.78. The highest BCUT2D eigenvalue weighted by atomic mass is 16.5. The molecule has 1 unspecified atom stereocenters. The van der Waals surface area contributed by atoms with Crippen LogP contribution in [0.3, 0.4) is 0 Å². The average Bonchev–Trinajstić information content (AvgIpc) is 2.27. The molecule has 76 valence electrons. The molecule has 2 fully saturated rings. The van der Waals surface area contributed by atoms with E-state index in [9.17, 15) is 0 Å². The molecule has 2 aliphatic heterocycles. The highest BCUT2D eigenvalue weighted by Crippen LogP contribution is 2.37. The van der Waals surface area contributed by atoms with E-state index in [1.54, 1.807) is 0 Å². The molecule has 0 amide bonds. The molecule has 1 N–H and O–H groups in total. The maximum absolute atomic E-state index is 5.99. The average molecular weight is 183 g/mol. The van der Waals surface area contributed by atoms with Crippen molar-refractivity contribution in [1.82, 2.24) is 5.32 Å². The highest BCUT2D eigenvalue weighted by Gasteiger charge is 2.39. The zero-order valence-corrected chi connectivity index (χ0v) is 9.02. The van der Waals surface area contributed by atoms with Crippen LogP contribution in [0.4, 0.5) is 0 Å². The van der Waals surface area contributed by atoms with E-state index in [0.717, 1.165) is 0 Å². The van der Waals surface area contributed by atoms with Crippen molar-refractivity contribution in [2.45, 2.75) is 51.7 Å². The Labute approximate surface area is 81.0 Å². The Morgan fingerprint density at radius 3 is 2.38 bits per heavy atom. The Balaban J connectivity index is 1.83. The Morgan fingerprint density at radius 1 is 1.31 bits per heavy atom. The van der Waals surface area contributed by atoms with Gasteiger partial charge in [-0.25, -0.2) is 0 Å². The summed E-state index contributed by atoms with van der Waals surface area (Å²) in [5.74, 6) is 0. The van der Waals surface area contributed by atoms with E-state index in [1.165, 1.54) is 32.4 Å². The van der Waals surface area contributed by atoms with Gasteiger partial charge in [-0.15, -0.1) is 0 Å². The lowest BCUT2D eigenvalue weighted by molar-refractivity contribution is -0.0403. The molecule has 2 saturated heterocycles. The van der Waals surface area contributed by atoms with Crippen LogP contribution in [-0.4, -0.2) is 24.8 Å². The van der Waals surface area contributed by atoms with E-state index in [0.29, 0.717) is 11.5 Å². The monoisotopic (exact) mass is 183 g/mol. The Bertz CT molecular complexity index is 196. The lowest BCUT2D eigenvalue weighted by Crippen LogP contribution is -2.52. The first kappa shape index (κ1) is 9.47. The fraction of sp³-hybridized carbons (Fsp3) is 1.00. The fourth-order valence-corrected chi connectivity index (χ4v) is 2.47. The normalized spacial score (nSPS) is 35.8. The second kappa shape index (κ2) is 2.96. The number of hydrogen-bond acceptors (Lipinski definition) is 2. The second-order valence-corrected chi connectivity index (χ2v) is 5.66. The molecular weight excluding hydrogens is 162 g/mol. The molecule has 0 aromatic carbocycles. The van der Waals surface area contributed by atoms with E-state index in [4.69, 9.17) is 4.74 Å². The third kappa shape index (κ3) is 2.05. The van der Waals surface area contributed by atoms with Crippen molar-refractivity contribution in [3.63, 3.8) is 0 Å². The molecule has 0 aliphatic carbocycles.